The molecule has 3 heteroatoms. The Morgan fingerprint density at radius 2 is 2.24 bits per heavy atom. The predicted molar refractivity (Wildman–Crippen MR) is 65.5 cm³/mol. The highest BCUT2D eigenvalue weighted by Gasteiger charge is 2.08. The molecule has 3 nitrogen and oxygen atoms in total. The van der Waals surface area contributed by atoms with Gasteiger partial charge in [-0.3, -0.25) is 4.79 Å². The third-order valence-electron chi connectivity index (χ3n) is 2.66. The Labute approximate surface area is 102 Å². The number of esters is 1. The molecule has 0 atom stereocenters. The number of ether oxygens (including phenoxy) is 1. The Bertz CT molecular complexity index is 432. The lowest BCUT2D eigenvalue weighted by Crippen LogP contribution is -2.07. The van der Waals surface area contributed by atoms with Crippen LogP contribution in [0.25, 0.3) is 0 Å². The molecule has 17 heavy (non-hydrogen) atoms. The number of hydrogen-bond acceptors (Lipinski definition) is 3. The van der Waals surface area contributed by atoms with Crippen molar-refractivity contribution in [3.05, 3.63) is 34.9 Å². The van der Waals surface area contributed by atoms with Crippen molar-refractivity contribution in [2.75, 3.05) is 6.61 Å². The van der Waals surface area contributed by atoms with Crippen molar-refractivity contribution in [3.63, 3.8) is 0 Å². The zero-order valence-electron chi connectivity index (χ0n) is 10.3. The van der Waals surface area contributed by atoms with Gasteiger partial charge in [-0.1, -0.05) is 18.2 Å². The van der Waals surface area contributed by atoms with Gasteiger partial charge < -0.3 is 4.74 Å². The Balaban J connectivity index is 2.75. The van der Waals surface area contributed by atoms with E-state index in [0.717, 1.165) is 16.7 Å². The van der Waals surface area contributed by atoms with Gasteiger partial charge in [0.2, 0.25) is 0 Å². The Morgan fingerprint density at radius 1 is 1.47 bits per heavy atom. The molecular formula is C14H17NO2. The van der Waals surface area contributed by atoms with E-state index in [1.54, 1.807) is 6.92 Å². The van der Waals surface area contributed by atoms with E-state index in [2.05, 4.69) is 6.07 Å². The highest BCUT2D eigenvalue weighted by Crippen LogP contribution is 2.17. The van der Waals surface area contributed by atoms with E-state index in [-0.39, 0.29) is 5.97 Å². The number of nitriles is 1. The van der Waals surface area contributed by atoms with E-state index < -0.39 is 0 Å². The van der Waals surface area contributed by atoms with Gasteiger partial charge in [0.1, 0.15) is 0 Å². The molecule has 1 aromatic rings. The van der Waals surface area contributed by atoms with Crippen LogP contribution in [0.15, 0.2) is 18.2 Å². The fourth-order valence-corrected chi connectivity index (χ4v) is 1.83. The van der Waals surface area contributed by atoms with Crippen molar-refractivity contribution in [2.45, 2.75) is 33.1 Å². The first-order chi connectivity index (χ1) is 8.19. The minimum absolute atomic E-state index is 0.182. The lowest BCUT2D eigenvalue weighted by molar-refractivity contribution is -0.143. The summed E-state index contributed by atoms with van der Waals surface area (Å²) in [5.74, 6) is -0.182. The maximum absolute atomic E-state index is 11.3. The first-order valence-corrected chi connectivity index (χ1v) is 5.79. The molecule has 0 unspecified atom stereocenters. The highest BCUT2D eigenvalue weighted by atomic mass is 16.5. The number of rotatable bonds is 5. The van der Waals surface area contributed by atoms with Crippen molar-refractivity contribution < 1.29 is 9.53 Å². The van der Waals surface area contributed by atoms with Crippen LogP contribution in [0.4, 0.5) is 0 Å². The van der Waals surface area contributed by atoms with Crippen LogP contribution in [0.3, 0.4) is 0 Å². The van der Waals surface area contributed by atoms with Crippen LogP contribution in [-0.4, -0.2) is 12.6 Å². The minimum atomic E-state index is -0.182. The molecule has 0 N–H and O–H groups in total. The summed E-state index contributed by atoms with van der Waals surface area (Å²) in [4.78, 5) is 11.3. The van der Waals surface area contributed by atoms with Gasteiger partial charge in [-0.15, -0.1) is 0 Å². The molecule has 1 aromatic carbocycles. The molecule has 0 fully saturated rings. The maximum Gasteiger partial charge on any atom is 0.306 e. The molecule has 0 aliphatic carbocycles. The second-order valence-electron chi connectivity index (χ2n) is 3.85. The summed E-state index contributed by atoms with van der Waals surface area (Å²) in [5.41, 5.74) is 3.24. The molecule has 0 aliphatic heterocycles. The first kappa shape index (κ1) is 13.2. The zero-order chi connectivity index (χ0) is 12.7. The summed E-state index contributed by atoms with van der Waals surface area (Å²) in [6, 6.07) is 8.03. The topological polar surface area (TPSA) is 50.1 Å². The molecule has 0 spiro atoms. The van der Waals surface area contributed by atoms with Crippen LogP contribution < -0.4 is 0 Å². The quantitative estimate of drug-likeness (QED) is 0.732. The van der Waals surface area contributed by atoms with Crippen molar-refractivity contribution >= 4 is 5.97 Å². The summed E-state index contributed by atoms with van der Waals surface area (Å²) >= 11 is 0. The Hall–Kier alpha value is -1.82. The summed E-state index contributed by atoms with van der Waals surface area (Å²) in [6.45, 7) is 4.21. The minimum Gasteiger partial charge on any atom is -0.466 e. The second-order valence-corrected chi connectivity index (χ2v) is 3.85. The maximum atomic E-state index is 11.3. The SMILES string of the molecule is CCOC(=O)CCc1c(C)cccc1CC#N. The summed E-state index contributed by atoms with van der Waals surface area (Å²) in [5, 5.41) is 8.76. The van der Waals surface area contributed by atoms with Crippen LogP contribution in [0.2, 0.25) is 0 Å². The van der Waals surface area contributed by atoms with E-state index in [9.17, 15) is 4.79 Å². The average molecular weight is 231 g/mol. The molecule has 0 heterocycles. The third-order valence-corrected chi connectivity index (χ3v) is 2.66. The van der Waals surface area contributed by atoms with Gasteiger partial charge >= 0.3 is 5.97 Å². The summed E-state index contributed by atoms with van der Waals surface area (Å²) < 4.78 is 4.90. The highest BCUT2D eigenvalue weighted by molar-refractivity contribution is 5.69. The summed E-state index contributed by atoms with van der Waals surface area (Å²) in [7, 11) is 0. The van der Waals surface area contributed by atoms with Gasteiger partial charge in [-0.25, -0.2) is 0 Å². The molecule has 0 aromatic heterocycles. The molecule has 0 saturated heterocycles. The molecule has 0 radical (unpaired) electrons. The van der Waals surface area contributed by atoms with Gasteiger partial charge in [0, 0.05) is 6.42 Å². The lowest BCUT2D eigenvalue weighted by atomic mass is 9.96. The van der Waals surface area contributed by atoms with Crippen LogP contribution >= 0.6 is 0 Å². The van der Waals surface area contributed by atoms with Crippen LogP contribution in [0.5, 0.6) is 0 Å². The Morgan fingerprint density at radius 3 is 2.88 bits per heavy atom. The van der Waals surface area contributed by atoms with Crippen molar-refractivity contribution in [1.82, 2.24) is 0 Å². The van der Waals surface area contributed by atoms with Crippen LogP contribution in [0, 0.1) is 18.3 Å². The number of hydrogen-bond donors (Lipinski definition) is 0. The van der Waals surface area contributed by atoms with E-state index in [0.29, 0.717) is 25.9 Å². The number of aryl methyl sites for hydroxylation is 1. The standard InChI is InChI=1S/C14H17NO2/c1-3-17-14(16)8-7-13-11(2)5-4-6-12(13)9-10-15/h4-6H,3,7-9H2,1-2H3. The average Bonchev–Trinajstić information content (AvgIpc) is 2.29. The van der Waals surface area contributed by atoms with Gasteiger partial charge in [-0.2, -0.15) is 5.26 Å². The number of carbonyl (C=O) groups is 1. The number of benzene rings is 1. The largest absolute Gasteiger partial charge is 0.466 e. The smallest absolute Gasteiger partial charge is 0.306 e. The Kier molecular flexibility index (Phi) is 5.22. The molecule has 0 aliphatic rings. The second kappa shape index (κ2) is 6.70. The normalized spacial score (nSPS) is 9.71. The molecule has 90 valence electrons. The number of nitrogens with zero attached hydrogens (tertiary/aromatic N) is 1. The molecule has 0 bridgehead atoms. The molecular weight excluding hydrogens is 214 g/mol. The zero-order valence-corrected chi connectivity index (χ0v) is 10.3. The third kappa shape index (κ3) is 3.92. The van der Waals surface area contributed by atoms with Crippen LogP contribution in [-0.2, 0) is 22.4 Å². The van der Waals surface area contributed by atoms with Gasteiger partial charge in [0.05, 0.1) is 19.1 Å². The van der Waals surface area contributed by atoms with E-state index in [4.69, 9.17) is 10.00 Å². The van der Waals surface area contributed by atoms with Gasteiger partial charge in [0.25, 0.3) is 0 Å². The van der Waals surface area contributed by atoms with Crippen molar-refractivity contribution in [1.29, 1.82) is 5.26 Å². The van der Waals surface area contributed by atoms with Gasteiger partial charge in [0.15, 0.2) is 0 Å². The molecule has 0 saturated carbocycles. The van der Waals surface area contributed by atoms with Crippen LogP contribution in [0.1, 0.15) is 30.0 Å². The fourth-order valence-electron chi connectivity index (χ4n) is 1.83. The van der Waals surface area contributed by atoms with Crippen molar-refractivity contribution in [3.8, 4) is 6.07 Å². The lowest BCUT2D eigenvalue weighted by Gasteiger charge is -2.10. The first-order valence-electron chi connectivity index (χ1n) is 5.79. The van der Waals surface area contributed by atoms with E-state index in [1.807, 2.05) is 25.1 Å². The molecule has 1 rings (SSSR count). The molecule has 0 amide bonds. The number of carbonyl (C=O) groups excluding carboxylic acids is 1. The van der Waals surface area contributed by atoms with E-state index >= 15 is 0 Å². The fraction of sp³-hybridized carbons (Fsp3) is 0.429. The van der Waals surface area contributed by atoms with Gasteiger partial charge in [-0.05, 0) is 37.0 Å². The monoisotopic (exact) mass is 231 g/mol. The van der Waals surface area contributed by atoms with Crippen molar-refractivity contribution in [2.24, 2.45) is 0 Å². The summed E-state index contributed by atoms with van der Waals surface area (Å²) in [6.07, 6.45) is 1.40. The van der Waals surface area contributed by atoms with E-state index in [1.165, 1.54) is 0 Å². The predicted octanol–water partition coefficient (Wildman–Crippen LogP) is 2.56.